The van der Waals surface area contributed by atoms with Crippen LogP contribution in [0.25, 0.3) is 0 Å². The molecule has 1 aromatic carbocycles. The number of hydrogen-bond donors (Lipinski definition) is 0. The van der Waals surface area contributed by atoms with Crippen molar-refractivity contribution in [2.75, 3.05) is 14.1 Å². The lowest BCUT2D eigenvalue weighted by molar-refractivity contribution is -0.128. The molecule has 0 bridgehead atoms. The van der Waals surface area contributed by atoms with Gasteiger partial charge >= 0.3 is 0 Å². The Balaban J connectivity index is 2.48. The molecule has 0 fully saturated rings. The van der Waals surface area contributed by atoms with Crippen molar-refractivity contribution in [2.45, 2.75) is 24.1 Å². The Labute approximate surface area is 141 Å². The van der Waals surface area contributed by atoms with Gasteiger partial charge in [-0.3, -0.25) is 4.79 Å². The minimum Gasteiger partial charge on any atom is -0.348 e. The fourth-order valence-electron chi connectivity index (χ4n) is 2.26. The summed E-state index contributed by atoms with van der Waals surface area (Å²) in [5, 5.41) is 9.60. The first-order valence-electron chi connectivity index (χ1n) is 7.25. The van der Waals surface area contributed by atoms with E-state index in [-0.39, 0.29) is 5.91 Å². The van der Waals surface area contributed by atoms with Gasteiger partial charge in [-0.05, 0) is 31.0 Å². The van der Waals surface area contributed by atoms with Crippen LogP contribution in [0.5, 0.6) is 0 Å². The van der Waals surface area contributed by atoms with Gasteiger partial charge in [0, 0.05) is 19.8 Å². The molecule has 0 radical (unpaired) electrons. The number of carbonyl (C=O) groups excluding carboxylic acids is 1. The van der Waals surface area contributed by atoms with Crippen molar-refractivity contribution in [1.82, 2.24) is 9.88 Å². The topological polar surface area (TPSA) is 57.0 Å². The largest absolute Gasteiger partial charge is 0.348 e. The van der Waals surface area contributed by atoms with Gasteiger partial charge in [-0.1, -0.05) is 42.1 Å². The molecule has 4 nitrogen and oxygen atoms in total. The molecule has 1 heterocycles. The molecule has 5 heteroatoms. The molecule has 0 saturated heterocycles. The van der Waals surface area contributed by atoms with Crippen molar-refractivity contribution in [3.63, 3.8) is 0 Å². The van der Waals surface area contributed by atoms with E-state index in [4.69, 9.17) is 0 Å². The van der Waals surface area contributed by atoms with Crippen LogP contribution < -0.4 is 0 Å². The molecule has 2 aromatic rings. The van der Waals surface area contributed by atoms with Crippen LogP contribution in [0.3, 0.4) is 0 Å². The van der Waals surface area contributed by atoms with Crippen LogP contribution >= 0.6 is 11.8 Å². The van der Waals surface area contributed by atoms with E-state index in [1.165, 1.54) is 11.8 Å². The summed E-state index contributed by atoms with van der Waals surface area (Å²) in [6, 6.07) is 13.7. The monoisotopic (exact) mass is 325 g/mol. The van der Waals surface area contributed by atoms with Gasteiger partial charge in [0.2, 0.25) is 5.91 Å². The summed E-state index contributed by atoms with van der Waals surface area (Å²) in [6.07, 6.45) is 0. The number of thioether (sulfide) groups is 1. The standard InChI is InChI=1S/C18H19N3OS/c1-12-10-13(2)20-17(15(12)11-19)23-16(18(22)21(3)4)14-8-6-5-7-9-14/h5-10,16H,1-4H3/t16-/m0/s1. The van der Waals surface area contributed by atoms with E-state index in [0.29, 0.717) is 10.6 Å². The Hall–Kier alpha value is -2.32. The highest BCUT2D eigenvalue weighted by molar-refractivity contribution is 8.00. The van der Waals surface area contributed by atoms with Crippen LogP contribution in [-0.2, 0) is 4.79 Å². The number of nitriles is 1. The molecule has 0 unspecified atom stereocenters. The van der Waals surface area contributed by atoms with Crippen LogP contribution in [0.4, 0.5) is 0 Å². The number of pyridine rings is 1. The number of hydrogen-bond acceptors (Lipinski definition) is 4. The lowest BCUT2D eigenvalue weighted by Gasteiger charge is -2.21. The highest BCUT2D eigenvalue weighted by Crippen LogP contribution is 2.37. The number of nitrogens with zero attached hydrogens (tertiary/aromatic N) is 3. The molecular formula is C18H19N3OS. The zero-order valence-electron chi connectivity index (χ0n) is 13.7. The first kappa shape index (κ1) is 17.0. The molecule has 0 N–H and O–H groups in total. The minimum absolute atomic E-state index is 0.0222. The Morgan fingerprint density at radius 3 is 2.48 bits per heavy atom. The zero-order valence-corrected chi connectivity index (χ0v) is 14.5. The molecule has 0 saturated carbocycles. The highest BCUT2D eigenvalue weighted by Gasteiger charge is 2.25. The summed E-state index contributed by atoms with van der Waals surface area (Å²) in [6.45, 7) is 3.78. The van der Waals surface area contributed by atoms with Crippen LogP contribution in [-0.4, -0.2) is 29.9 Å². The summed E-state index contributed by atoms with van der Waals surface area (Å²) in [5.41, 5.74) is 3.16. The normalized spacial score (nSPS) is 11.6. The molecule has 1 amide bonds. The Morgan fingerprint density at radius 1 is 1.26 bits per heavy atom. The van der Waals surface area contributed by atoms with Crippen LogP contribution in [0.1, 0.15) is 27.6 Å². The average Bonchev–Trinajstić information content (AvgIpc) is 2.52. The van der Waals surface area contributed by atoms with E-state index in [9.17, 15) is 10.1 Å². The molecule has 23 heavy (non-hydrogen) atoms. The van der Waals surface area contributed by atoms with Crippen molar-refractivity contribution in [2.24, 2.45) is 0 Å². The van der Waals surface area contributed by atoms with Gasteiger partial charge in [0.05, 0.1) is 5.56 Å². The van der Waals surface area contributed by atoms with E-state index in [2.05, 4.69) is 11.1 Å². The minimum atomic E-state index is -0.424. The lowest BCUT2D eigenvalue weighted by Crippen LogP contribution is -2.26. The van der Waals surface area contributed by atoms with Gasteiger partial charge in [0.15, 0.2) is 0 Å². The Morgan fingerprint density at radius 2 is 1.91 bits per heavy atom. The van der Waals surface area contributed by atoms with Gasteiger partial charge in [-0.2, -0.15) is 5.26 Å². The third-order valence-electron chi connectivity index (χ3n) is 3.42. The van der Waals surface area contributed by atoms with Gasteiger partial charge in [-0.25, -0.2) is 4.98 Å². The third-order valence-corrected chi connectivity index (χ3v) is 4.65. The molecule has 2 rings (SSSR count). The second kappa shape index (κ2) is 7.30. The third kappa shape index (κ3) is 3.91. The summed E-state index contributed by atoms with van der Waals surface area (Å²) in [4.78, 5) is 18.7. The smallest absolute Gasteiger partial charge is 0.240 e. The predicted molar refractivity (Wildman–Crippen MR) is 92.2 cm³/mol. The van der Waals surface area contributed by atoms with E-state index in [0.717, 1.165) is 16.8 Å². The van der Waals surface area contributed by atoms with E-state index < -0.39 is 5.25 Å². The fourth-order valence-corrected chi connectivity index (χ4v) is 3.61. The lowest BCUT2D eigenvalue weighted by atomic mass is 10.1. The number of amides is 1. The molecule has 118 valence electrons. The summed E-state index contributed by atoms with van der Waals surface area (Å²) in [5.74, 6) is -0.0222. The molecule has 0 aliphatic rings. The van der Waals surface area contributed by atoms with Crippen molar-refractivity contribution in [1.29, 1.82) is 5.26 Å². The summed E-state index contributed by atoms with van der Waals surface area (Å²) < 4.78 is 0. The van der Waals surface area contributed by atoms with E-state index >= 15 is 0 Å². The summed E-state index contributed by atoms with van der Waals surface area (Å²) >= 11 is 1.33. The van der Waals surface area contributed by atoms with Crippen LogP contribution in [0, 0.1) is 25.2 Å². The number of aryl methyl sites for hydroxylation is 2. The second-order valence-electron chi connectivity index (χ2n) is 5.51. The average molecular weight is 325 g/mol. The predicted octanol–water partition coefficient (Wildman–Crippen LogP) is 3.49. The van der Waals surface area contributed by atoms with Crippen molar-refractivity contribution in [3.05, 3.63) is 58.8 Å². The summed E-state index contributed by atoms with van der Waals surface area (Å²) in [7, 11) is 3.47. The van der Waals surface area contributed by atoms with Crippen molar-refractivity contribution < 1.29 is 4.79 Å². The van der Waals surface area contributed by atoms with Crippen molar-refractivity contribution >= 4 is 17.7 Å². The molecule has 1 atom stereocenters. The first-order valence-corrected chi connectivity index (χ1v) is 8.13. The van der Waals surface area contributed by atoms with E-state index in [1.807, 2.05) is 50.2 Å². The second-order valence-corrected chi connectivity index (χ2v) is 6.61. The Bertz CT molecular complexity index is 751. The zero-order chi connectivity index (χ0) is 17.0. The first-order chi connectivity index (χ1) is 10.9. The number of rotatable bonds is 4. The van der Waals surface area contributed by atoms with Crippen LogP contribution in [0.2, 0.25) is 0 Å². The van der Waals surface area contributed by atoms with Gasteiger partial charge in [0.1, 0.15) is 16.3 Å². The maximum Gasteiger partial charge on any atom is 0.240 e. The van der Waals surface area contributed by atoms with Gasteiger partial charge in [0.25, 0.3) is 0 Å². The SMILES string of the molecule is Cc1cc(C)c(C#N)c(S[C@H](C(=O)N(C)C)c2ccccc2)n1. The highest BCUT2D eigenvalue weighted by atomic mass is 32.2. The van der Waals surface area contributed by atoms with Crippen LogP contribution in [0.15, 0.2) is 41.4 Å². The molecule has 0 aliphatic carbocycles. The maximum atomic E-state index is 12.6. The molecule has 0 aliphatic heterocycles. The quantitative estimate of drug-likeness (QED) is 0.807. The van der Waals surface area contributed by atoms with E-state index in [1.54, 1.807) is 19.0 Å². The fraction of sp³-hybridized carbons (Fsp3) is 0.278. The number of benzene rings is 1. The number of aromatic nitrogens is 1. The van der Waals surface area contributed by atoms with Crippen molar-refractivity contribution in [3.8, 4) is 6.07 Å². The van der Waals surface area contributed by atoms with Gasteiger partial charge in [-0.15, -0.1) is 0 Å². The number of likely N-dealkylation sites (N-methyl/N-ethyl adjacent to an activating group) is 1. The molecule has 0 spiro atoms. The molecule has 1 aromatic heterocycles. The maximum absolute atomic E-state index is 12.6. The Kier molecular flexibility index (Phi) is 5.41. The van der Waals surface area contributed by atoms with Gasteiger partial charge < -0.3 is 4.90 Å². The molecular weight excluding hydrogens is 306 g/mol. The number of carbonyl (C=O) groups is 1.